The Balaban J connectivity index is 2.78. The van der Waals surface area contributed by atoms with E-state index in [9.17, 15) is 22.4 Å². The van der Waals surface area contributed by atoms with Crippen LogP contribution in [0.4, 0.5) is 23.2 Å². The first kappa shape index (κ1) is 15.4. The molecule has 1 unspecified atom stereocenters. The summed E-state index contributed by atoms with van der Waals surface area (Å²) in [5.41, 5.74) is -1.56. The fraction of sp³-hybridized carbons (Fsp3) is 0.417. The predicted octanol–water partition coefficient (Wildman–Crippen LogP) is 2.94. The molecule has 0 saturated carbocycles. The van der Waals surface area contributed by atoms with Gasteiger partial charge in [0.15, 0.2) is 0 Å². The Morgan fingerprint density at radius 2 is 2.05 bits per heavy atom. The van der Waals surface area contributed by atoms with Crippen LogP contribution in [0.1, 0.15) is 25.3 Å². The van der Waals surface area contributed by atoms with Crippen LogP contribution in [0, 0.1) is 5.82 Å². The number of hydrogen-bond donors (Lipinski definition) is 2. The SMILES string of the molecule is CC(O)CCC(=O)Nc1ccc(F)c(C(F)(F)F)c1. The van der Waals surface area contributed by atoms with E-state index < -0.39 is 29.6 Å². The number of anilines is 1. The lowest BCUT2D eigenvalue weighted by atomic mass is 10.1. The summed E-state index contributed by atoms with van der Waals surface area (Å²) < 4.78 is 50.3. The number of amides is 1. The molecule has 0 radical (unpaired) electrons. The summed E-state index contributed by atoms with van der Waals surface area (Å²) in [4.78, 5) is 11.4. The van der Waals surface area contributed by atoms with E-state index in [1.54, 1.807) is 0 Å². The predicted molar refractivity (Wildman–Crippen MR) is 60.9 cm³/mol. The molecule has 106 valence electrons. The van der Waals surface area contributed by atoms with Crippen LogP contribution in [0.25, 0.3) is 0 Å². The topological polar surface area (TPSA) is 49.3 Å². The van der Waals surface area contributed by atoms with E-state index in [4.69, 9.17) is 5.11 Å². The Morgan fingerprint density at radius 3 is 2.58 bits per heavy atom. The number of alkyl halides is 3. The average molecular weight is 279 g/mol. The highest BCUT2D eigenvalue weighted by atomic mass is 19.4. The molecule has 2 N–H and O–H groups in total. The minimum absolute atomic E-state index is 0.0314. The molecule has 0 fully saturated rings. The van der Waals surface area contributed by atoms with E-state index in [2.05, 4.69) is 5.32 Å². The van der Waals surface area contributed by atoms with Crippen LogP contribution in [0.5, 0.6) is 0 Å². The van der Waals surface area contributed by atoms with Crippen molar-refractivity contribution in [2.24, 2.45) is 0 Å². The Kier molecular flexibility index (Phi) is 4.88. The summed E-state index contributed by atoms with van der Waals surface area (Å²) in [5, 5.41) is 11.2. The third-order valence-corrected chi connectivity index (χ3v) is 2.34. The van der Waals surface area contributed by atoms with Gasteiger partial charge in [0.25, 0.3) is 0 Å². The van der Waals surface area contributed by atoms with E-state index in [-0.39, 0.29) is 18.5 Å². The van der Waals surface area contributed by atoms with Gasteiger partial charge in [-0.3, -0.25) is 4.79 Å². The first-order chi connectivity index (χ1) is 8.70. The van der Waals surface area contributed by atoms with Gasteiger partial charge in [-0.05, 0) is 31.5 Å². The lowest BCUT2D eigenvalue weighted by Gasteiger charge is -2.11. The van der Waals surface area contributed by atoms with Gasteiger partial charge in [-0.1, -0.05) is 0 Å². The number of hydrogen-bond acceptors (Lipinski definition) is 2. The van der Waals surface area contributed by atoms with Crippen LogP contribution in [0.3, 0.4) is 0 Å². The van der Waals surface area contributed by atoms with Gasteiger partial charge in [0.1, 0.15) is 5.82 Å². The van der Waals surface area contributed by atoms with E-state index in [0.717, 1.165) is 6.07 Å². The van der Waals surface area contributed by atoms with Crippen molar-refractivity contribution in [3.05, 3.63) is 29.6 Å². The Labute approximate surface area is 107 Å². The molecule has 19 heavy (non-hydrogen) atoms. The molecule has 1 aromatic carbocycles. The first-order valence-corrected chi connectivity index (χ1v) is 5.55. The minimum Gasteiger partial charge on any atom is -0.393 e. The lowest BCUT2D eigenvalue weighted by Crippen LogP contribution is -2.15. The quantitative estimate of drug-likeness (QED) is 0.832. The lowest BCUT2D eigenvalue weighted by molar-refractivity contribution is -0.140. The maximum Gasteiger partial charge on any atom is 0.419 e. The second-order valence-electron chi connectivity index (χ2n) is 4.13. The van der Waals surface area contributed by atoms with E-state index in [1.165, 1.54) is 6.92 Å². The second kappa shape index (κ2) is 6.01. The van der Waals surface area contributed by atoms with Crippen LogP contribution in [-0.4, -0.2) is 17.1 Å². The van der Waals surface area contributed by atoms with Crippen LogP contribution < -0.4 is 5.32 Å². The molecule has 1 amide bonds. The normalized spacial score (nSPS) is 13.2. The molecule has 1 rings (SSSR count). The summed E-state index contributed by atoms with van der Waals surface area (Å²) in [6.07, 6.45) is -5.33. The standard InChI is InChI=1S/C12H13F4NO2/c1-7(18)2-5-11(19)17-8-3-4-10(13)9(6-8)12(14,15)16/h3-4,6-7,18H,2,5H2,1H3,(H,17,19). The second-order valence-corrected chi connectivity index (χ2v) is 4.13. The molecule has 3 nitrogen and oxygen atoms in total. The fourth-order valence-corrected chi connectivity index (χ4v) is 1.38. The zero-order chi connectivity index (χ0) is 14.6. The number of rotatable bonds is 4. The number of carbonyl (C=O) groups is 1. The Hall–Kier alpha value is -1.63. The monoisotopic (exact) mass is 279 g/mol. The number of aliphatic hydroxyl groups is 1. The van der Waals surface area contributed by atoms with Gasteiger partial charge in [0.05, 0.1) is 11.7 Å². The molecule has 0 bridgehead atoms. The van der Waals surface area contributed by atoms with Crippen molar-refractivity contribution in [2.75, 3.05) is 5.32 Å². The largest absolute Gasteiger partial charge is 0.419 e. The number of aliphatic hydroxyl groups excluding tert-OH is 1. The highest BCUT2D eigenvalue weighted by Crippen LogP contribution is 2.32. The smallest absolute Gasteiger partial charge is 0.393 e. The molecular formula is C12H13F4NO2. The maximum atomic E-state index is 13.0. The van der Waals surface area contributed by atoms with Crippen LogP contribution in [0.15, 0.2) is 18.2 Å². The summed E-state index contributed by atoms with van der Waals surface area (Å²) in [5.74, 6) is -1.94. The highest BCUT2D eigenvalue weighted by Gasteiger charge is 2.34. The minimum atomic E-state index is -4.82. The zero-order valence-electron chi connectivity index (χ0n) is 10.1. The van der Waals surface area contributed by atoms with E-state index in [1.807, 2.05) is 0 Å². The van der Waals surface area contributed by atoms with E-state index in [0.29, 0.717) is 12.1 Å². The maximum absolute atomic E-state index is 13.0. The summed E-state index contributed by atoms with van der Waals surface area (Å²) in [6, 6.07) is 2.23. The molecular weight excluding hydrogens is 266 g/mol. The van der Waals surface area contributed by atoms with Crippen molar-refractivity contribution in [3.8, 4) is 0 Å². The molecule has 1 atom stereocenters. The molecule has 1 aromatic rings. The van der Waals surface area contributed by atoms with Crippen LogP contribution in [0.2, 0.25) is 0 Å². The van der Waals surface area contributed by atoms with Gasteiger partial charge in [0, 0.05) is 12.1 Å². The van der Waals surface area contributed by atoms with Crippen molar-refractivity contribution in [2.45, 2.75) is 32.0 Å². The number of nitrogens with one attached hydrogen (secondary N) is 1. The van der Waals surface area contributed by atoms with Crippen LogP contribution in [-0.2, 0) is 11.0 Å². The molecule has 0 aromatic heterocycles. The number of benzene rings is 1. The zero-order valence-corrected chi connectivity index (χ0v) is 10.1. The van der Waals surface area contributed by atoms with Crippen LogP contribution >= 0.6 is 0 Å². The number of carbonyl (C=O) groups excluding carboxylic acids is 1. The average Bonchev–Trinajstić information content (AvgIpc) is 2.27. The van der Waals surface area contributed by atoms with Crippen molar-refractivity contribution >= 4 is 11.6 Å². The molecule has 0 spiro atoms. The summed E-state index contributed by atoms with van der Waals surface area (Å²) in [7, 11) is 0. The first-order valence-electron chi connectivity index (χ1n) is 5.55. The third-order valence-electron chi connectivity index (χ3n) is 2.34. The molecule has 0 aliphatic heterocycles. The van der Waals surface area contributed by atoms with E-state index >= 15 is 0 Å². The molecule has 0 saturated heterocycles. The molecule has 0 aliphatic rings. The summed E-state index contributed by atoms with van der Waals surface area (Å²) in [6.45, 7) is 1.49. The Bertz CT molecular complexity index is 458. The fourth-order valence-electron chi connectivity index (χ4n) is 1.38. The number of halogens is 4. The summed E-state index contributed by atoms with van der Waals surface area (Å²) >= 11 is 0. The van der Waals surface area contributed by atoms with Gasteiger partial charge in [-0.25, -0.2) is 4.39 Å². The van der Waals surface area contributed by atoms with Gasteiger partial charge in [-0.15, -0.1) is 0 Å². The van der Waals surface area contributed by atoms with Gasteiger partial charge in [0.2, 0.25) is 5.91 Å². The van der Waals surface area contributed by atoms with Crippen molar-refractivity contribution in [1.82, 2.24) is 0 Å². The van der Waals surface area contributed by atoms with Gasteiger partial charge >= 0.3 is 6.18 Å². The van der Waals surface area contributed by atoms with Gasteiger partial charge in [-0.2, -0.15) is 13.2 Å². The molecule has 0 heterocycles. The van der Waals surface area contributed by atoms with Gasteiger partial charge < -0.3 is 10.4 Å². The highest BCUT2D eigenvalue weighted by molar-refractivity contribution is 5.90. The molecule has 0 aliphatic carbocycles. The third kappa shape index (κ3) is 4.86. The van der Waals surface area contributed by atoms with Crippen molar-refractivity contribution in [3.63, 3.8) is 0 Å². The molecule has 7 heteroatoms. The van der Waals surface area contributed by atoms with Crippen molar-refractivity contribution < 1.29 is 27.5 Å². The Morgan fingerprint density at radius 1 is 1.42 bits per heavy atom. The van der Waals surface area contributed by atoms with Crippen molar-refractivity contribution in [1.29, 1.82) is 0 Å².